The number of esters is 1. The smallest absolute Gasteiger partial charge is 0.331 e. The first-order valence-electron chi connectivity index (χ1n) is 5.35. The lowest BCUT2D eigenvalue weighted by Gasteiger charge is -2.02. The topological polar surface area (TPSA) is 35.5 Å². The summed E-state index contributed by atoms with van der Waals surface area (Å²) in [5.74, 6) is 0.243. The number of ether oxygens (including phenoxy) is 2. The van der Waals surface area contributed by atoms with Gasteiger partial charge in [0.1, 0.15) is 12.4 Å². The van der Waals surface area contributed by atoms with Crippen molar-refractivity contribution in [3.05, 3.63) is 59.9 Å². The van der Waals surface area contributed by atoms with E-state index in [1.807, 2.05) is 37.3 Å². The number of rotatable bonds is 5. The Hall–Kier alpha value is -2.03. The van der Waals surface area contributed by atoms with Crippen LogP contribution in [0.2, 0.25) is 0 Å². The molecule has 3 nitrogen and oxygen atoms in total. The second-order valence-electron chi connectivity index (χ2n) is 3.32. The summed E-state index contributed by atoms with van der Waals surface area (Å²) in [5.41, 5.74) is 0.965. The molecule has 0 unspecified atom stereocenters. The first kappa shape index (κ1) is 13.0. The summed E-state index contributed by atoms with van der Waals surface area (Å²) in [4.78, 5) is 11.4. The largest absolute Gasteiger partial charge is 0.497 e. The molecular weight excluding hydrogens is 216 g/mol. The van der Waals surface area contributed by atoms with Crippen molar-refractivity contribution >= 4 is 5.97 Å². The number of allylic oxidation sites excluding steroid dienone is 2. The molecule has 3 heteroatoms. The molecule has 90 valence electrons. The molecule has 0 aliphatic heterocycles. The molecule has 0 amide bonds. The van der Waals surface area contributed by atoms with Gasteiger partial charge in [-0.25, -0.2) is 4.79 Å². The third-order valence-electron chi connectivity index (χ3n) is 2.13. The highest BCUT2D eigenvalue weighted by Gasteiger charge is 1.98. The standard InChI is InChI=1S/C14H16O3/c1-3-13(16-2)9-10-14(15)17-11-12-7-5-4-6-8-12/h3-10H,11H2,1-2H3/b10-9-,13-3-. The lowest BCUT2D eigenvalue weighted by molar-refractivity contribution is -0.139. The van der Waals surface area contributed by atoms with Crippen molar-refractivity contribution < 1.29 is 14.3 Å². The first-order chi connectivity index (χ1) is 8.26. The van der Waals surface area contributed by atoms with Crippen LogP contribution in [0.25, 0.3) is 0 Å². The minimum Gasteiger partial charge on any atom is -0.497 e. The van der Waals surface area contributed by atoms with Crippen LogP contribution in [0, 0.1) is 0 Å². The molecule has 0 heterocycles. The summed E-state index contributed by atoms with van der Waals surface area (Å²) in [6.45, 7) is 2.11. The van der Waals surface area contributed by atoms with Crippen LogP contribution < -0.4 is 0 Å². The molecule has 0 atom stereocenters. The average molecular weight is 232 g/mol. The highest BCUT2D eigenvalue weighted by atomic mass is 16.5. The van der Waals surface area contributed by atoms with E-state index >= 15 is 0 Å². The van der Waals surface area contributed by atoms with Gasteiger partial charge in [0.15, 0.2) is 0 Å². The lowest BCUT2D eigenvalue weighted by Crippen LogP contribution is -2.00. The zero-order valence-electron chi connectivity index (χ0n) is 10.1. The van der Waals surface area contributed by atoms with Crippen LogP contribution in [0.3, 0.4) is 0 Å². The maximum Gasteiger partial charge on any atom is 0.331 e. The minimum atomic E-state index is -0.384. The molecule has 0 saturated carbocycles. The molecule has 0 bridgehead atoms. The minimum absolute atomic E-state index is 0.280. The van der Waals surface area contributed by atoms with Crippen molar-refractivity contribution in [1.82, 2.24) is 0 Å². The molecule has 1 rings (SSSR count). The van der Waals surface area contributed by atoms with Crippen LogP contribution >= 0.6 is 0 Å². The molecule has 0 fully saturated rings. The fourth-order valence-electron chi connectivity index (χ4n) is 1.21. The van der Waals surface area contributed by atoms with E-state index in [2.05, 4.69) is 0 Å². The molecule has 0 aliphatic carbocycles. The summed E-state index contributed by atoms with van der Waals surface area (Å²) in [6.07, 6.45) is 4.69. The number of hydrogen-bond acceptors (Lipinski definition) is 3. The number of carbonyl (C=O) groups excluding carboxylic acids is 1. The number of hydrogen-bond donors (Lipinski definition) is 0. The Balaban J connectivity index is 2.41. The van der Waals surface area contributed by atoms with Crippen molar-refractivity contribution in [2.24, 2.45) is 0 Å². The second kappa shape index (κ2) is 7.28. The Kier molecular flexibility index (Phi) is 5.58. The molecule has 0 spiro atoms. The Labute approximate surface area is 101 Å². The molecule has 0 aliphatic rings. The fourth-order valence-corrected chi connectivity index (χ4v) is 1.21. The van der Waals surface area contributed by atoms with E-state index in [0.29, 0.717) is 5.76 Å². The summed E-state index contributed by atoms with van der Waals surface area (Å²) in [6, 6.07) is 9.54. The van der Waals surface area contributed by atoms with Gasteiger partial charge in [-0.05, 0) is 24.6 Å². The Morgan fingerprint density at radius 1 is 1.24 bits per heavy atom. The Bertz CT molecular complexity index is 405. The predicted molar refractivity (Wildman–Crippen MR) is 66.1 cm³/mol. The van der Waals surface area contributed by atoms with E-state index in [4.69, 9.17) is 9.47 Å². The summed E-state index contributed by atoms with van der Waals surface area (Å²) >= 11 is 0. The van der Waals surface area contributed by atoms with Crippen molar-refractivity contribution in [1.29, 1.82) is 0 Å². The van der Waals surface area contributed by atoms with E-state index in [0.717, 1.165) is 5.56 Å². The van der Waals surface area contributed by atoms with E-state index in [1.165, 1.54) is 6.08 Å². The zero-order chi connectivity index (χ0) is 12.5. The normalized spacial score (nSPS) is 11.5. The first-order valence-corrected chi connectivity index (χ1v) is 5.35. The van der Waals surface area contributed by atoms with Crippen molar-refractivity contribution in [2.75, 3.05) is 7.11 Å². The van der Waals surface area contributed by atoms with Crippen LogP contribution in [0.4, 0.5) is 0 Å². The van der Waals surface area contributed by atoms with Crippen LogP contribution in [0.1, 0.15) is 12.5 Å². The highest BCUT2D eigenvalue weighted by Crippen LogP contribution is 2.02. The molecule has 0 saturated heterocycles. The highest BCUT2D eigenvalue weighted by molar-refractivity contribution is 5.82. The van der Waals surface area contributed by atoms with Gasteiger partial charge in [0.25, 0.3) is 0 Å². The quantitative estimate of drug-likeness (QED) is 0.339. The molecule has 0 radical (unpaired) electrons. The summed E-state index contributed by atoms with van der Waals surface area (Å²) < 4.78 is 10.0. The van der Waals surface area contributed by atoms with E-state index in [-0.39, 0.29) is 12.6 Å². The Morgan fingerprint density at radius 2 is 1.94 bits per heavy atom. The molecule has 0 aromatic heterocycles. The zero-order valence-corrected chi connectivity index (χ0v) is 10.1. The van der Waals surface area contributed by atoms with Crippen LogP contribution in [0.5, 0.6) is 0 Å². The summed E-state index contributed by atoms with van der Waals surface area (Å²) in [7, 11) is 1.55. The third-order valence-corrected chi connectivity index (χ3v) is 2.13. The second-order valence-corrected chi connectivity index (χ2v) is 3.32. The van der Waals surface area contributed by atoms with Gasteiger partial charge in [0.2, 0.25) is 0 Å². The van der Waals surface area contributed by atoms with Crippen LogP contribution in [0.15, 0.2) is 54.3 Å². The van der Waals surface area contributed by atoms with Crippen LogP contribution in [-0.2, 0) is 20.9 Å². The van der Waals surface area contributed by atoms with Gasteiger partial charge < -0.3 is 9.47 Å². The lowest BCUT2D eigenvalue weighted by atomic mass is 10.2. The van der Waals surface area contributed by atoms with E-state index in [9.17, 15) is 4.79 Å². The van der Waals surface area contributed by atoms with Gasteiger partial charge >= 0.3 is 5.97 Å². The molecular formula is C14H16O3. The van der Waals surface area contributed by atoms with Gasteiger partial charge in [-0.1, -0.05) is 30.3 Å². The fraction of sp³-hybridized carbons (Fsp3) is 0.214. The number of carbonyl (C=O) groups is 1. The average Bonchev–Trinajstić information content (AvgIpc) is 2.39. The Morgan fingerprint density at radius 3 is 2.53 bits per heavy atom. The van der Waals surface area contributed by atoms with Gasteiger partial charge in [-0.15, -0.1) is 0 Å². The number of methoxy groups -OCH3 is 1. The maximum atomic E-state index is 11.4. The van der Waals surface area contributed by atoms with Gasteiger partial charge in [-0.2, -0.15) is 0 Å². The van der Waals surface area contributed by atoms with Gasteiger partial charge in [0.05, 0.1) is 7.11 Å². The number of benzene rings is 1. The SMILES string of the molecule is C/C=C(/C=C\C(=O)OCc1ccccc1)OC. The third kappa shape index (κ3) is 5.02. The van der Waals surface area contributed by atoms with Gasteiger partial charge in [-0.3, -0.25) is 0 Å². The molecule has 1 aromatic rings. The van der Waals surface area contributed by atoms with E-state index in [1.54, 1.807) is 19.3 Å². The predicted octanol–water partition coefficient (Wildman–Crippen LogP) is 2.84. The van der Waals surface area contributed by atoms with Crippen molar-refractivity contribution in [3.63, 3.8) is 0 Å². The summed E-state index contributed by atoms with van der Waals surface area (Å²) in [5, 5.41) is 0. The molecule has 0 N–H and O–H groups in total. The maximum absolute atomic E-state index is 11.4. The van der Waals surface area contributed by atoms with Crippen LogP contribution in [-0.4, -0.2) is 13.1 Å². The van der Waals surface area contributed by atoms with Gasteiger partial charge in [0, 0.05) is 6.08 Å². The molecule has 17 heavy (non-hydrogen) atoms. The van der Waals surface area contributed by atoms with E-state index < -0.39 is 0 Å². The van der Waals surface area contributed by atoms with Crippen molar-refractivity contribution in [2.45, 2.75) is 13.5 Å². The van der Waals surface area contributed by atoms with Crippen molar-refractivity contribution in [3.8, 4) is 0 Å². The molecule has 1 aromatic carbocycles. The monoisotopic (exact) mass is 232 g/mol.